The molecule has 0 bridgehead atoms. The third kappa shape index (κ3) is 7.30. The second-order valence-electron chi connectivity index (χ2n) is 8.09. The van der Waals surface area contributed by atoms with E-state index in [-0.39, 0.29) is 10.7 Å². The van der Waals surface area contributed by atoms with Crippen LogP contribution in [0.25, 0.3) is 0 Å². The molecule has 3 N–H and O–H groups in total. The van der Waals surface area contributed by atoms with E-state index in [1.807, 2.05) is 0 Å². The fourth-order valence-electron chi connectivity index (χ4n) is 3.03. The maximum absolute atomic E-state index is 13.0. The molecule has 2 aromatic rings. The molecule has 33 heavy (non-hydrogen) atoms. The number of aliphatic hydroxyl groups excluding tert-OH is 1. The number of nitrogens with zero attached hydrogens (tertiary/aromatic N) is 2. The third-order valence-electron chi connectivity index (χ3n) is 4.36. The van der Waals surface area contributed by atoms with E-state index in [9.17, 15) is 33.0 Å². The number of anilines is 1. The number of amides is 2. The Kier molecular flexibility index (Phi) is 8.36. The summed E-state index contributed by atoms with van der Waals surface area (Å²) >= 11 is 4.24. The molecule has 2 amide bonds. The van der Waals surface area contributed by atoms with Gasteiger partial charge in [0.1, 0.15) is 11.8 Å². The SMILES string of the molecule is C[C@H](NC(=O)O)[C@@H](c1ccc(C(F)(F)F)cc1)C(O)N(C(=O)OC(C)(C)C)c1ncc(Br)s1. The van der Waals surface area contributed by atoms with Gasteiger partial charge in [-0.15, -0.1) is 0 Å². The molecule has 1 aromatic carbocycles. The molecule has 0 radical (unpaired) electrons. The van der Waals surface area contributed by atoms with Crippen LogP contribution in [0, 0.1) is 0 Å². The molecule has 8 nitrogen and oxygen atoms in total. The predicted octanol–water partition coefficient (Wildman–Crippen LogP) is 5.42. The highest BCUT2D eigenvalue weighted by Gasteiger charge is 2.39. The van der Waals surface area contributed by atoms with E-state index in [1.54, 1.807) is 20.8 Å². The molecule has 3 atom stereocenters. The van der Waals surface area contributed by atoms with Gasteiger partial charge in [-0.2, -0.15) is 13.2 Å². The van der Waals surface area contributed by atoms with E-state index < -0.39 is 47.7 Å². The standard InChI is InChI=1S/C20H23BrF3N3O5S/c1-10(26-17(29)30)14(11-5-7-12(8-6-11)20(22,23)24)15(28)27(16-25-9-13(21)33-16)18(31)32-19(2,3)4/h5-10,14-15,26,28H,1-4H3,(H,29,30)/t10-,14-,15?/m0/s1. The number of hydrogen-bond donors (Lipinski definition) is 3. The number of ether oxygens (including phenoxy) is 1. The summed E-state index contributed by atoms with van der Waals surface area (Å²) in [7, 11) is 0. The van der Waals surface area contributed by atoms with Crippen molar-refractivity contribution in [2.24, 2.45) is 0 Å². The van der Waals surface area contributed by atoms with Crippen molar-refractivity contribution in [3.8, 4) is 0 Å². The van der Waals surface area contributed by atoms with Gasteiger partial charge in [0.05, 0.1) is 15.5 Å². The fraction of sp³-hybridized carbons (Fsp3) is 0.450. The number of aliphatic hydroxyl groups is 1. The minimum Gasteiger partial charge on any atom is -0.465 e. The Hall–Kier alpha value is -2.38. The Morgan fingerprint density at radius 2 is 1.79 bits per heavy atom. The lowest BCUT2D eigenvalue weighted by atomic mass is 9.89. The van der Waals surface area contributed by atoms with Crippen LogP contribution in [0.3, 0.4) is 0 Å². The molecular weight excluding hydrogens is 531 g/mol. The zero-order valence-electron chi connectivity index (χ0n) is 18.1. The summed E-state index contributed by atoms with van der Waals surface area (Å²) in [5, 5.41) is 22.7. The molecule has 2 rings (SSSR count). The van der Waals surface area contributed by atoms with Gasteiger partial charge < -0.3 is 20.3 Å². The number of nitrogens with one attached hydrogen (secondary N) is 1. The van der Waals surface area contributed by atoms with E-state index in [2.05, 4.69) is 26.2 Å². The summed E-state index contributed by atoms with van der Waals surface area (Å²) in [6.07, 6.45) is -7.29. The number of aromatic nitrogens is 1. The molecule has 0 aliphatic heterocycles. The fourth-order valence-corrected chi connectivity index (χ4v) is 4.23. The first-order valence-corrected chi connectivity index (χ1v) is 11.2. The average Bonchev–Trinajstić information content (AvgIpc) is 3.05. The number of alkyl halides is 3. The van der Waals surface area contributed by atoms with Gasteiger partial charge in [-0.1, -0.05) is 23.5 Å². The summed E-state index contributed by atoms with van der Waals surface area (Å²) in [6.45, 7) is 6.28. The number of carbonyl (C=O) groups excluding carboxylic acids is 1. The van der Waals surface area contributed by atoms with Gasteiger partial charge in [0.2, 0.25) is 0 Å². The summed E-state index contributed by atoms with van der Waals surface area (Å²) in [5.41, 5.74) is -1.68. The maximum atomic E-state index is 13.0. The number of carboxylic acid groups (broad SMARTS) is 1. The van der Waals surface area contributed by atoms with E-state index >= 15 is 0 Å². The van der Waals surface area contributed by atoms with Gasteiger partial charge in [-0.25, -0.2) is 19.5 Å². The largest absolute Gasteiger partial charge is 0.465 e. The van der Waals surface area contributed by atoms with Gasteiger partial charge in [0, 0.05) is 12.0 Å². The van der Waals surface area contributed by atoms with Crippen LogP contribution < -0.4 is 10.2 Å². The monoisotopic (exact) mass is 553 g/mol. The molecular formula is C20H23BrF3N3O5S. The Balaban J connectivity index is 2.55. The molecule has 0 aliphatic carbocycles. The lowest BCUT2D eigenvalue weighted by molar-refractivity contribution is -0.137. The summed E-state index contributed by atoms with van der Waals surface area (Å²) < 4.78 is 44.9. The van der Waals surface area contributed by atoms with Crippen LogP contribution in [0.2, 0.25) is 0 Å². The first kappa shape index (κ1) is 26.9. The number of thiazole rings is 1. The number of benzene rings is 1. The van der Waals surface area contributed by atoms with Crippen LogP contribution in [0.5, 0.6) is 0 Å². The number of halogens is 4. The van der Waals surface area contributed by atoms with Crippen molar-refractivity contribution in [1.29, 1.82) is 0 Å². The van der Waals surface area contributed by atoms with Crippen molar-refractivity contribution in [2.75, 3.05) is 4.90 Å². The first-order valence-electron chi connectivity index (χ1n) is 9.58. The molecule has 0 saturated heterocycles. The van der Waals surface area contributed by atoms with E-state index in [0.29, 0.717) is 3.79 Å². The van der Waals surface area contributed by atoms with Crippen LogP contribution in [0.4, 0.5) is 27.9 Å². The average molecular weight is 554 g/mol. The zero-order chi connectivity index (χ0) is 25.1. The zero-order valence-corrected chi connectivity index (χ0v) is 20.5. The topological polar surface area (TPSA) is 112 Å². The van der Waals surface area contributed by atoms with Crippen LogP contribution in [0.1, 0.15) is 44.7 Å². The molecule has 0 aliphatic rings. The maximum Gasteiger partial charge on any atom is 0.418 e. The molecule has 1 unspecified atom stereocenters. The highest BCUT2D eigenvalue weighted by molar-refractivity contribution is 9.11. The lowest BCUT2D eigenvalue weighted by Crippen LogP contribution is -2.51. The number of rotatable bonds is 6. The third-order valence-corrected chi connectivity index (χ3v) is 5.84. The number of carbonyl (C=O) groups is 2. The van der Waals surface area contributed by atoms with Gasteiger partial charge >= 0.3 is 18.4 Å². The normalized spacial score (nSPS) is 14.8. The Bertz CT molecular complexity index is 979. The highest BCUT2D eigenvalue weighted by atomic mass is 79.9. The van der Waals surface area contributed by atoms with Crippen molar-refractivity contribution in [2.45, 2.75) is 57.7 Å². The van der Waals surface area contributed by atoms with Crippen molar-refractivity contribution < 1.29 is 37.7 Å². The first-order chi connectivity index (χ1) is 15.1. The van der Waals surface area contributed by atoms with Crippen LogP contribution in [0.15, 0.2) is 34.2 Å². The molecule has 0 spiro atoms. The second kappa shape index (κ2) is 10.3. The quantitative estimate of drug-likeness (QED) is 0.411. The minimum atomic E-state index is -4.58. The minimum absolute atomic E-state index is 0.0445. The molecule has 0 saturated carbocycles. The summed E-state index contributed by atoms with van der Waals surface area (Å²) in [4.78, 5) is 29.2. The van der Waals surface area contributed by atoms with Crippen molar-refractivity contribution in [3.05, 3.63) is 45.4 Å². The van der Waals surface area contributed by atoms with E-state index in [4.69, 9.17) is 4.74 Å². The predicted molar refractivity (Wildman–Crippen MR) is 119 cm³/mol. The molecule has 1 heterocycles. The van der Waals surface area contributed by atoms with Gasteiger partial charge in [0.25, 0.3) is 0 Å². The Morgan fingerprint density at radius 1 is 1.21 bits per heavy atom. The molecule has 182 valence electrons. The smallest absolute Gasteiger partial charge is 0.418 e. The van der Waals surface area contributed by atoms with Crippen molar-refractivity contribution in [1.82, 2.24) is 10.3 Å². The van der Waals surface area contributed by atoms with E-state index in [0.717, 1.165) is 40.5 Å². The van der Waals surface area contributed by atoms with Gasteiger partial charge in [-0.05, 0) is 61.3 Å². The molecule has 0 fully saturated rings. The summed E-state index contributed by atoms with van der Waals surface area (Å²) in [5.74, 6) is -1.17. The Morgan fingerprint density at radius 3 is 2.21 bits per heavy atom. The summed E-state index contributed by atoms with van der Waals surface area (Å²) in [6, 6.07) is 2.88. The molecule has 13 heteroatoms. The van der Waals surface area contributed by atoms with Crippen LogP contribution >= 0.6 is 27.3 Å². The highest BCUT2D eigenvalue weighted by Crippen LogP contribution is 2.36. The number of hydrogen-bond acceptors (Lipinski definition) is 6. The van der Waals surface area contributed by atoms with Crippen LogP contribution in [-0.4, -0.2) is 45.3 Å². The van der Waals surface area contributed by atoms with Crippen molar-refractivity contribution >= 4 is 44.6 Å². The van der Waals surface area contributed by atoms with E-state index in [1.165, 1.54) is 13.1 Å². The lowest BCUT2D eigenvalue weighted by Gasteiger charge is -2.36. The van der Waals surface area contributed by atoms with Gasteiger partial charge in [0.15, 0.2) is 5.13 Å². The van der Waals surface area contributed by atoms with Gasteiger partial charge in [-0.3, -0.25) is 0 Å². The second-order valence-corrected chi connectivity index (χ2v) is 10.5. The Labute approximate surface area is 200 Å². The molecule has 1 aromatic heterocycles. The van der Waals surface area contributed by atoms with Crippen molar-refractivity contribution in [3.63, 3.8) is 0 Å². The van der Waals surface area contributed by atoms with Crippen LogP contribution in [-0.2, 0) is 10.9 Å².